The van der Waals surface area contributed by atoms with Gasteiger partial charge in [-0.25, -0.2) is 0 Å². The summed E-state index contributed by atoms with van der Waals surface area (Å²) in [5, 5.41) is 2.38. The van der Waals surface area contributed by atoms with Crippen molar-refractivity contribution < 1.29 is 4.79 Å². The molecule has 3 aromatic rings. The van der Waals surface area contributed by atoms with Gasteiger partial charge in [-0.3, -0.25) is 9.78 Å². The van der Waals surface area contributed by atoms with E-state index in [1.54, 1.807) is 11.1 Å². The lowest BCUT2D eigenvalue weighted by atomic mass is 10.0. The maximum absolute atomic E-state index is 12.4. The van der Waals surface area contributed by atoms with Gasteiger partial charge in [0.05, 0.1) is 6.42 Å². The van der Waals surface area contributed by atoms with Crippen LogP contribution in [-0.2, 0) is 17.6 Å². The summed E-state index contributed by atoms with van der Waals surface area (Å²) < 4.78 is 0. The molecular formula is C20H20N2O. The summed E-state index contributed by atoms with van der Waals surface area (Å²) in [5.74, 6) is 0.135. The quantitative estimate of drug-likeness (QED) is 0.723. The fraction of sp³-hybridized carbons (Fsp3) is 0.200. The van der Waals surface area contributed by atoms with Crippen LogP contribution in [0.1, 0.15) is 11.3 Å². The van der Waals surface area contributed by atoms with E-state index in [9.17, 15) is 4.79 Å². The zero-order chi connectivity index (χ0) is 16.1. The molecular weight excluding hydrogens is 284 g/mol. The predicted octanol–water partition coefficient (Wildman–Crippen LogP) is 3.48. The highest BCUT2D eigenvalue weighted by molar-refractivity contribution is 5.85. The van der Waals surface area contributed by atoms with E-state index in [-0.39, 0.29) is 5.91 Å². The third-order valence-corrected chi connectivity index (χ3v) is 4.02. The number of rotatable bonds is 5. The number of hydrogen-bond acceptors (Lipinski definition) is 2. The monoisotopic (exact) mass is 304 g/mol. The Balaban J connectivity index is 1.60. The second kappa shape index (κ2) is 7.05. The first kappa shape index (κ1) is 15.2. The average molecular weight is 304 g/mol. The molecule has 0 aliphatic rings. The highest BCUT2D eigenvalue weighted by Crippen LogP contribution is 2.16. The van der Waals surface area contributed by atoms with Gasteiger partial charge in [-0.05, 0) is 28.5 Å². The van der Waals surface area contributed by atoms with Crippen LogP contribution in [0.3, 0.4) is 0 Å². The topological polar surface area (TPSA) is 33.2 Å². The van der Waals surface area contributed by atoms with Crippen LogP contribution in [0, 0.1) is 0 Å². The van der Waals surface area contributed by atoms with Gasteiger partial charge in [0.1, 0.15) is 0 Å². The van der Waals surface area contributed by atoms with Crippen molar-refractivity contribution in [3.05, 3.63) is 78.1 Å². The molecule has 0 aliphatic heterocycles. The van der Waals surface area contributed by atoms with Gasteiger partial charge < -0.3 is 4.90 Å². The molecule has 1 amide bonds. The minimum absolute atomic E-state index is 0.135. The van der Waals surface area contributed by atoms with E-state index in [4.69, 9.17) is 0 Å². The normalized spacial score (nSPS) is 10.7. The van der Waals surface area contributed by atoms with Crippen molar-refractivity contribution in [3.8, 4) is 0 Å². The molecule has 3 nitrogen and oxygen atoms in total. The Morgan fingerprint density at radius 2 is 1.78 bits per heavy atom. The lowest BCUT2D eigenvalue weighted by molar-refractivity contribution is -0.129. The molecule has 0 spiro atoms. The molecule has 0 bridgehead atoms. The lowest BCUT2D eigenvalue weighted by Crippen LogP contribution is -2.30. The molecule has 0 saturated carbocycles. The summed E-state index contributed by atoms with van der Waals surface area (Å²) >= 11 is 0. The van der Waals surface area contributed by atoms with Crippen LogP contribution < -0.4 is 0 Å². The summed E-state index contributed by atoms with van der Waals surface area (Å²) in [6.07, 6.45) is 3.00. The Morgan fingerprint density at radius 3 is 2.57 bits per heavy atom. The van der Waals surface area contributed by atoms with E-state index in [0.717, 1.165) is 17.7 Å². The molecule has 0 fully saturated rings. The number of carbonyl (C=O) groups excluding carboxylic acids is 1. The molecule has 0 N–H and O–H groups in total. The first-order valence-electron chi connectivity index (χ1n) is 7.84. The molecule has 116 valence electrons. The minimum Gasteiger partial charge on any atom is -0.345 e. The third-order valence-electron chi connectivity index (χ3n) is 4.02. The fourth-order valence-electron chi connectivity index (χ4n) is 2.61. The molecule has 0 aliphatic carbocycles. The number of nitrogens with zero attached hydrogens (tertiary/aromatic N) is 2. The van der Waals surface area contributed by atoms with Crippen LogP contribution in [0.25, 0.3) is 10.8 Å². The van der Waals surface area contributed by atoms with E-state index in [2.05, 4.69) is 29.2 Å². The zero-order valence-electron chi connectivity index (χ0n) is 13.3. The number of amides is 1. The van der Waals surface area contributed by atoms with Crippen molar-refractivity contribution in [3.63, 3.8) is 0 Å². The van der Waals surface area contributed by atoms with Gasteiger partial charge >= 0.3 is 0 Å². The number of pyridine rings is 1. The predicted molar refractivity (Wildman–Crippen MR) is 93.2 cm³/mol. The van der Waals surface area contributed by atoms with Gasteiger partial charge in [-0.1, -0.05) is 48.5 Å². The summed E-state index contributed by atoms with van der Waals surface area (Å²) in [5.41, 5.74) is 2.07. The van der Waals surface area contributed by atoms with Crippen molar-refractivity contribution in [2.45, 2.75) is 12.8 Å². The van der Waals surface area contributed by atoms with E-state index < -0.39 is 0 Å². The lowest BCUT2D eigenvalue weighted by Gasteiger charge is -2.17. The third kappa shape index (κ3) is 3.95. The van der Waals surface area contributed by atoms with Crippen LogP contribution >= 0.6 is 0 Å². The fourth-order valence-corrected chi connectivity index (χ4v) is 2.61. The van der Waals surface area contributed by atoms with Crippen molar-refractivity contribution in [1.29, 1.82) is 0 Å². The van der Waals surface area contributed by atoms with Gasteiger partial charge in [0.15, 0.2) is 0 Å². The zero-order valence-corrected chi connectivity index (χ0v) is 13.3. The van der Waals surface area contributed by atoms with Crippen molar-refractivity contribution >= 4 is 16.7 Å². The van der Waals surface area contributed by atoms with Crippen molar-refractivity contribution in [1.82, 2.24) is 9.88 Å². The van der Waals surface area contributed by atoms with E-state index >= 15 is 0 Å². The largest absolute Gasteiger partial charge is 0.345 e. The SMILES string of the molecule is CN(CCc1ccccn1)C(=O)Cc1ccc2ccccc2c1. The van der Waals surface area contributed by atoms with Crippen molar-refractivity contribution in [2.24, 2.45) is 0 Å². The van der Waals surface area contributed by atoms with Gasteiger partial charge in [0, 0.05) is 31.9 Å². The first-order chi connectivity index (χ1) is 11.2. The van der Waals surface area contributed by atoms with Crippen LogP contribution in [0.2, 0.25) is 0 Å². The average Bonchev–Trinajstić information content (AvgIpc) is 2.60. The smallest absolute Gasteiger partial charge is 0.226 e. The van der Waals surface area contributed by atoms with Gasteiger partial charge in [-0.2, -0.15) is 0 Å². The molecule has 0 saturated heterocycles. The molecule has 0 radical (unpaired) electrons. The van der Waals surface area contributed by atoms with E-state index in [1.807, 2.05) is 43.4 Å². The number of hydrogen-bond donors (Lipinski definition) is 0. The molecule has 0 atom stereocenters. The Bertz CT molecular complexity index is 799. The van der Waals surface area contributed by atoms with Crippen LogP contribution in [0.5, 0.6) is 0 Å². The van der Waals surface area contributed by atoms with Gasteiger partial charge in [0.2, 0.25) is 5.91 Å². The second-order valence-corrected chi connectivity index (χ2v) is 5.74. The van der Waals surface area contributed by atoms with Crippen LogP contribution in [-0.4, -0.2) is 29.4 Å². The Hall–Kier alpha value is -2.68. The number of aromatic nitrogens is 1. The Labute approximate surface area is 136 Å². The summed E-state index contributed by atoms with van der Waals surface area (Å²) in [4.78, 5) is 18.4. The highest BCUT2D eigenvalue weighted by atomic mass is 16.2. The van der Waals surface area contributed by atoms with E-state index in [1.165, 1.54) is 10.8 Å². The van der Waals surface area contributed by atoms with Gasteiger partial charge in [-0.15, -0.1) is 0 Å². The molecule has 1 heterocycles. The highest BCUT2D eigenvalue weighted by Gasteiger charge is 2.10. The minimum atomic E-state index is 0.135. The molecule has 2 aromatic carbocycles. The number of benzene rings is 2. The Kier molecular flexibility index (Phi) is 4.67. The van der Waals surface area contributed by atoms with Crippen LogP contribution in [0.4, 0.5) is 0 Å². The van der Waals surface area contributed by atoms with Crippen LogP contribution in [0.15, 0.2) is 66.9 Å². The number of likely N-dealkylation sites (N-methyl/N-ethyl adjacent to an activating group) is 1. The summed E-state index contributed by atoms with van der Waals surface area (Å²) in [6, 6.07) is 20.3. The molecule has 23 heavy (non-hydrogen) atoms. The van der Waals surface area contributed by atoms with Crippen molar-refractivity contribution in [2.75, 3.05) is 13.6 Å². The van der Waals surface area contributed by atoms with E-state index in [0.29, 0.717) is 13.0 Å². The standard InChI is InChI=1S/C20H20N2O/c1-22(13-11-19-8-4-5-12-21-19)20(23)15-16-9-10-17-6-2-3-7-18(17)14-16/h2-10,12,14H,11,13,15H2,1H3. The maximum atomic E-state index is 12.4. The first-order valence-corrected chi connectivity index (χ1v) is 7.84. The Morgan fingerprint density at radius 1 is 1.00 bits per heavy atom. The van der Waals surface area contributed by atoms with Gasteiger partial charge in [0.25, 0.3) is 0 Å². The number of carbonyl (C=O) groups is 1. The maximum Gasteiger partial charge on any atom is 0.226 e. The number of fused-ring (bicyclic) bond motifs is 1. The molecule has 3 heteroatoms. The molecule has 0 unspecified atom stereocenters. The molecule has 1 aromatic heterocycles. The summed E-state index contributed by atoms with van der Waals surface area (Å²) in [6.45, 7) is 0.684. The molecule has 3 rings (SSSR count). The second-order valence-electron chi connectivity index (χ2n) is 5.74. The summed E-state index contributed by atoms with van der Waals surface area (Å²) in [7, 11) is 1.85.